The zero-order valence-corrected chi connectivity index (χ0v) is 18.6. The first-order valence-corrected chi connectivity index (χ1v) is 11.9. The van der Waals surface area contributed by atoms with E-state index in [4.69, 9.17) is 10.2 Å². The van der Waals surface area contributed by atoms with Crippen molar-refractivity contribution in [2.75, 3.05) is 23.7 Å². The highest BCUT2D eigenvalue weighted by Crippen LogP contribution is 2.29. The van der Waals surface area contributed by atoms with E-state index >= 15 is 0 Å². The first-order chi connectivity index (χ1) is 14.8. The standard InChI is InChI=1S/C21H26N6O3S/c1-13(2)31(28,29)16-6-4-15(5-7-16)17-12-23-19(22)18(24-17)20-25-26-21(30-20)27-10-8-14(3)9-11-27/h4-7,12-14H,8-11H2,1-3H3,(H2,22,23). The minimum atomic E-state index is -3.34. The van der Waals surface area contributed by atoms with E-state index in [0.29, 0.717) is 28.9 Å². The predicted octanol–water partition coefficient (Wildman–Crippen LogP) is 3.19. The molecule has 2 aromatic heterocycles. The summed E-state index contributed by atoms with van der Waals surface area (Å²) in [6.45, 7) is 7.29. The fourth-order valence-electron chi connectivity index (χ4n) is 3.42. The van der Waals surface area contributed by atoms with Crippen molar-refractivity contribution >= 4 is 21.7 Å². The molecule has 1 aromatic carbocycles. The maximum Gasteiger partial charge on any atom is 0.318 e. The summed E-state index contributed by atoms with van der Waals surface area (Å²) in [5.74, 6) is 1.09. The van der Waals surface area contributed by atoms with Crippen LogP contribution in [0.3, 0.4) is 0 Å². The Morgan fingerprint density at radius 2 is 1.81 bits per heavy atom. The minimum Gasteiger partial charge on any atom is -0.401 e. The van der Waals surface area contributed by atoms with Gasteiger partial charge in [0.1, 0.15) is 0 Å². The summed E-state index contributed by atoms with van der Waals surface area (Å²) in [5.41, 5.74) is 7.57. The Morgan fingerprint density at radius 3 is 2.45 bits per heavy atom. The molecular weight excluding hydrogens is 416 g/mol. The molecule has 164 valence electrons. The lowest BCUT2D eigenvalue weighted by molar-refractivity contribution is 0.414. The first kappa shape index (κ1) is 21.2. The molecule has 0 spiro atoms. The van der Waals surface area contributed by atoms with Crippen LogP contribution in [0.25, 0.3) is 22.8 Å². The van der Waals surface area contributed by atoms with Gasteiger partial charge < -0.3 is 15.1 Å². The predicted molar refractivity (Wildman–Crippen MR) is 118 cm³/mol. The van der Waals surface area contributed by atoms with E-state index in [1.165, 1.54) is 6.20 Å². The number of nitrogen functional groups attached to an aromatic ring is 1. The van der Waals surface area contributed by atoms with Crippen LogP contribution in [0.1, 0.15) is 33.6 Å². The number of aromatic nitrogens is 4. The number of sulfone groups is 1. The third kappa shape index (κ3) is 4.25. The molecule has 2 N–H and O–H groups in total. The summed E-state index contributed by atoms with van der Waals surface area (Å²) < 4.78 is 30.5. The van der Waals surface area contributed by atoms with Crippen molar-refractivity contribution in [2.24, 2.45) is 5.92 Å². The number of benzene rings is 1. The number of nitrogens with two attached hydrogens (primary N) is 1. The monoisotopic (exact) mass is 442 g/mol. The van der Waals surface area contributed by atoms with Gasteiger partial charge >= 0.3 is 6.01 Å². The summed E-state index contributed by atoms with van der Waals surface area (Å²) in [5, 5.41) is 7.79. The van der Waals surface area contributed by atoms with Gasteiger partial charge in [0.25, 0.3) is 5.89 Å². The average Bonchev–Trinajstić information content (AvgIpc) is 3.24. The highest BCUT2D eigenvalue weighted by Gasteiger charge is 2.23. The quantitative estimate of drug-likeness (QED) is 0.633. The molecule has 9 nitrogen and oxygen atoms in total. The Hall–Kier alpha value is -3.01. The molecule has 0 aliphatic carbocycles. The summed E-state index contributed by atoms with van der Waals surface area (Å²) in [6.07, 6.45) is 3.70. The molecule has 0 atom stereocenters. The third-order valence-corrected chi connectivity index (χ3v) is 7.74. The molecule has 1 saturated heterocycles. The molecule has 3 heterocycles. The molecule has 0 saturated carbocycles. The van der Waals surface area contributed by atoms with Crippen LogP contribution >= 0.6 is 0 Å². The molecule has 1 aliphatic rings. The molecular formula is C21H26N6O3S. The molecule has 0 bridgehead atoms. The van der Waals surface area contributed by atoms with Gasteiger partial charge in [0.05, 0.1) is 22.0 Å². The normalized spacial score (nSPS) is 15.5. The summed E-state index contributed by atoms with van der Waals surface area (Å²) >= 11 is 0. The fourth-order valence-corrected chi connectivity index (χ4v) is 4.48. The maximum atomic E-state index is 12.3. The van der Waals surface area contributed by atoms with Gasteiger partial charge in [-0.3, -0.25) is 0 Å². The lowest BCUT2D eigenvalue weighted by atomic mass is 10.00. The second-order valence-corrected chi connectivity index (χ2v) is 10.7. The molecule has 4 rings (SSSR count). The number of hydrogen-bond donors (Lipinski definition) is 1. The van der Waals surface area contributed by atoms with Crippen LogP contribution in [-0.2, 0) is 9.84 Å². The van der Waals surface area contributed by atoms with E-state index in [9.17, 15) is 8.42 Å². The number of nitrogens with zero attached hydrogens (tertiary/aromatic N) is 5. The average molecular weight is 443 g/mol. The van der Waals surface area contributed by atoms with E-state index in [1.54, 1.807) is 38.1 Å². The van der Waals surface area contributed by atoms with Crippen molar-refractivity contribution in [3.63, 3.8) is 0 Å². The van der Waals surface area contributed by atoms with Gasteiger partial charge in [0.15, 0.2) is 21.3 Å². The van der Waals surface area contributed by atoms with E-state index in [1.807, 2.05) is 0 Å². The van der Waals surface area contributed by atoms with Crippen molar-refractivity contribution in [1.82, 2.24) is 20.2 Å². The summed E-state index contributed by atoms with van der Waals surface area (Å²) in [4.78, 5) is 11.1. The van der Waals surface area contributed by atoms with Crippen LogP contribution in [0.4, 0.5) is 11.8 Å². The van der Waals surface area contributed by atoms with Gasteiger partial charge in [-0.1, -0.05) is 24.2 Å². The Balaban J connectivity index is 1.61. The molecule has 1 aliphatic heterocycles. The van der Waals surface area contributed by atoms with Crippen LogP contribution in [-0.4, -0.2) is 46.9 Å². The molecule has 3 aromatic rings. The van der Waals surface area contributed by atoms with Gasteiger partial charge in [-0.15, -0.1) is 5.10 Å². The smallest absolute Gasteiger partial charge is 0.318 e. The molecule has 0 unspecified atom stereocenters. The minimum absolute atomic E-state index is 0.185. The number of anilines is 2. The van der Waals surface area contributed by atoms with E-state index < -0.39 is 15.1 Å². The Labute approximate surface area is 181 Å². The number of piperidine rings is 1. The zero-order chi connectivity index (χ0) is 22.2. The van der Waals surface area contributed by atoms with Crippen molar-refractivity contribution in [3.8, 4) is 22.8 Å². The highest BCUT2D eigenvalue weighted by atomic mass is 32.2. The lowest BCUT2D eigenvalue weighted by Crippen LogP contribution is -2.32. The molecule has 0 radical (unpaired) electrons. The zero-order valence-electron chi connectivity index (χ0n) is 17.8. The number of rotatable bonds is 5. The second-order valence-electron chi connectivity index (χ2n) is 8.17. The Bertz CT molecular complexity index is 1170. The van der Waals surface area contributed by atoms with E-state index in [2.05, 4.69) is 32.0 Å². The van der Waals surface area contributed by atoms with Crippen LogP contribution < -0.4 is 10.6 Å². The Kier molecular flexibility index (Phi) is 5.65. The van der Waals surface area contributed by atoms with Gasteiger partial charge in [-0.25, -0.2) is 18.4 Å². The second kappa shape index (κ2) is 8.26. The van der Waals surface area contributed by atoms with Gasteiger partial charge in [0.2, 0.25) is 0 Å². The largest absolute Gasteiger partial charge is 0.401 e. The van der Waals surface area contributed by atoms with Gasteiger partial charge in [-0.2, -0.15) is 0 Å². The number of hydrogen-bond acceptors (Lipinski definition) is 9. The van der Waals surface area contributed by atoms with E-state index in [-0.39, 0.29) is 16.6 Å². The van der Waals surface area contributed by atoms with Crippen LogP contribution in [0.5, 0.6) is 0 Å². The Morgan fingerprint density at radius 1 is 1.13 bits per heavy atom. The van der Waals surface area contributed by atoms with Crippen LogP contribution in [0, 0.1) is 5.92 Å². The van der Waals surface area contributed by atoms with Crippen LogP contribution in [0.2, 0.25) is 0 Å². The van der Waals surface area contributed by atoms with Gasteiger partial charge in [-0.05, 0) is 44.7 Å². The molecule has 0 amide bonds. The van der Waals surface area contributed by atoms with Gasteiger partial charge in [0, 0.05) is 18.7 Å². The summed E-state index contributed by atoms with van der Waals surface area (Å²) in [7, 11) is -3.34. The SMILES string of the molecule is CC1CCN(c2nnc(-c3nc(-c4ccc(S(=O)(=O)C(C)C)cc4)cnc3N)o2)CC1. The maximum absolute atomic E-state index is 12.3. The van der Waals surface area contributed by atoms with Crippen LogP contribution in [0.15, 0.2) is 39.8 Å². The topological polar surface area (TPSA) is 128 Å². The first-order valence-electron chi connectivity index (χ1n) is 10.3. The molecule has 1 fully saturated rings. The van der Waals surface area contributed by atoms with Crippen molar-refractivity contribution in [2.45, 2.75) is 43.8 Å². The molecule has 10 heteroatoms. The lowest BCUT2D eigenvalue weighted by Gasteiger charge is -2.28. The highest BCUT2D eigenvalue weighted by molar-refractivity contribution is 7.92. The summed E-state index contributed by atoms with van der Waals surface area (Å²) in [6, 6.07) is 7.01. The molecule has 31 heavy (non-hydrogen) atoms. The van der Waals surface area contributed by atoms with Crippen molar-refractivity contribution in [3.05, 3.63) is 30.5 Å². The fraction of sp³-hybridized carbons (Fsp3) is 0.429. The van der Waals surface area contributed by atoms with Crippen molar-refractivity contribution < 1.29 is 12.8 Å². The van der Waals surface area contributed by atoms with Crippen molar-refractivity contribution in [1.29, 1.82) is 0 Å². The van der Waals surface area contributed by atoms with E-state index in [0.717, 1.165) is 25.9 Å². The third-order valence-electron chi connectivity index (χ3n) is 5.57.